The van der Waals surface area contributed by atoms with E-state index < -0.39 is 5.97 Å². The van der Waals surface area contributed by atoms with Gasteiger partial charge in [0.2, 0.25) is 0 Å². The number of aromatic nitrogens is 1. The van der Waals surface area contributed by atoms with Gasteiger partial charge in [-0.25, -0.2) is 0 Å². The maximum Gasteiger partial charge on any atom is 0.303 e. The second-order valence-corrected chi connectivity index (χ2v) is 9.88. The van der Waals surface area contributed by atoms with E-state index in [0.29, 0.717) is 11.8 Å². The maximum atomic E-state index is 11.3. The minimum absolute atomic E-state index is 0.268. The normalized spacial score (nSPS) is 18.7. The summed E-state index contributed by atoms with van der Waals surface area (Å²) in [5, 5.41) is 10.5. The molecule has 2 atom stereocenters. The van der Waals surface area contributed by atoms with E-state index >= 15 is 0 Å². The molecule has 0 amide bonds. The lowest BCUT2D eigenvalue weighted by molar-refractivity contribution is -0.137. The van der Waals surface area contributed by atoms with Crippen LogP contribution in [0.2, 0.25) is 0 Å². The van der Waals surface area contributed by atoms with Crippen LogP contribution in [0.5, 0.6) is 5.75 Å². The number of methoxy groups -OCH3 is 1. The summed E-state index contributed by atoms with van der Waals surface area (Å²) in [6.07, 6.45) is 14.3. The lowest BCUT2D eigenvalue weighted by Crippen LogP contribution is -2.41. The largest absolute Gasteiger partial charge is 0.497 e. The molecule has 0 spiro atoms. The molecule has 0 bridgehead atoms. The molecule has 1 aromatic carbocycles. The SMILES string of the molecule is COc1ccc2nccc(CCCC3CCN(CCCCc4ccoc4)CC3CCC(=O)O)c2c1. The number of hydrogen-bond acceptors (Lipinski definition) is 5. The molecule has 0 aliphatic carbocycles. The Bertz CT molecular complexity index is 1070. The van der Waals surface area contributed by atoms with E-state index in [1.54, 1.807) is 13.4 Å². The van der Waals surface area contributed by atoms with Crippen LogP contribution in [-0.2, 0) is 17.6 Å². The third kappa shape index (κ3) is 7.31. The number of unbranched alkanes of at least 4 members (excludes halogenated alkanes) is 1. The molecule has 1 fully saturated rings. The molecule has 1 saturated heterocycles. The van der Waals surface area contributed by atoms with Crippen LogP contribution in [0.3, 0.4) is 0 Å². The van der Waals surface area contributed by atoms with E-state index in [1.807, 2.05) is 30.7 Å². The van der Waals surface area contributed by atoms with Crippen molar-refractivity contribution in [3.05, 3.63) is 60.2 Å². The molecule has 2 unspecified atom stereocenters. The van der Waals surface area contributed by atoms with Gasteiger partial charge in [0.1, 0.15) is 5.75 Å². The highest BCUT2D eigenvalue weighted by molar-refractivity contribution is 5.83. The first-order valence-corrected chi connectivity index (χ1v) is 13.0. The average Bonchev–Trinajstić information content (AvgIpc) is 3.39. The summed E-state index contributed by atoms with van der Waals surface area (Å²) in [5.41, 5.74) is 3.58. The van der Waals surface area contributed by atoms with Gasteiger partial charge in [0, 0.05) is 24.5 Å². The minimum atomic E-state index is -0.682. The number of ether oxygens (including phenoxy) is 1. The van der Waals surface area contributed by atoms with Gasteiger partial charge in [-0.1, -0.05) is 0 Å². The Hall–Kier alpha value is -2.86. The molecule has 1 N–H and O–H groups in total. The number of benzene rings is 1. The number of nitrogens with zero attached hydrogens (tertiary/aromatic N) is 2. The third-order valence-electron chi connectivity index (χ3n) is 7.53. The number of furan rings is 1. The van der Waals surface area contributed by atoms with E-state index in [2.05, 4.69) is 22.0 Å². The van der Waals surface area contributed by atoms with Crippen LogP contribution in [0, 0.1) is 11.8 Å². The zero-order valence-electron chi connectivity index (χ0n) is 20.8. The summed E-state index contributed by atoms with van der Waals surface area (Å²) in [7, 11) is 1.69. The number of aryl methyl sites for hydroxylation is 2. The van der Waals surface area contributed by atoms with Crippen LogP contribution in [0.1, 0.15) is 56.1 Å². The Labute approximate surface area is 208 Å². The van der Waals surface area contributed by atoms with E-state index in [4.69, 9.17) is 9.15 Å². The molecule has 188 valence electrons. The fraction of sp³-hybridized carbons (Fsp3) is 0.517. The van der Waals surface area contributed by atoms with Crippen LogP contribution in [0.15, 0.2) is 53.5 Å². The molecule has 1 aliphatic heterocycles. The van der Waals surface area contributed by atoms with Gasteiger partial charge in [0.25, 0.3) is 0 Å². The first-order chi connectivity index (χ1) is 17.1. The molecule has 3 aromatic rings. The van der Waals surface area contributed by atoms with Crippen molar-refractivity contribution < 1.29 is 19.1 Å². The number of rotatable bonds is 13. The standard InChI is InChI=1S/C29H38N2O4/c1-34-26-9-10-28-27(19-26)24(12-15-30-28)7-4-6-23-13-17-31(20-25(23)8-11-29(32)33)16-3-2-5-22-14-18-35-21-22/h9-10,12,14-15,18-19,21,23,25H,2-8,11,13,16-17,20H2,1H3,(H,32,33). The predicted octanol–water partition coefficient (Wildman–Crippen LogP) is 5.98. The number of pyridine rings is 1. The highest BCUT2D eigenvalue weighted by atomic mass is 16.5. The monoisotopic (exact) mass is 478 g/mol. The van der Waals surface area contributed by atoms with Crippen molar-refractivity contribution in [3.8, 4) is 5.75 Å². The molecule has 35 heavy (non-hydrogen) atoms. The van der Waals surface area contributed by atoms with Crippen LogP contribution >= 0.6 is 0 Å². The molecule has 6 heteroatoms. The van der Waals surface area contributed by atoms with Gasteiger partial charge in [-0.15, -0.1) is 0 Å². The number of carboxylic acids is 1. The van der Waals surface area contributed by atoms with Crippen molar-refractivity contribution in [1.82, 2.24) is 9.88 Å². The summed E-state index contributed by atoms with van der Waals surface area (Å²) in [4.78, 5) is 18.3. The zero-order chi connectivity index (χ0) is 24.5. The van der Waals surface area contributed by atoms with Gasteiger partial charge in [-0.3, -0.25) is 9.78 Å². The molecule has 0 radical (unpaired) electrons. The molecular weight excluding hydrogens is 440 g/mol. The van der Waals surface area contributed by atoms with Gasteiger partial charge >= 0.3 is 5.97 Å². The summed E-state index contributed by atoms with van der Waals surface area (Å²) < 4.78 is 10.6. The van der Waals surface area contributed by atoms with Crippen LogP contribution < -0.4 is 4.74 Å². The molecule has 0 saturated carbocycles. The Balaban J connectivity index is 1.29. The quantitative estimate of drug-likeness (QED) is 0.304. The highest BCUT2D eigenvalue weighted by Crippen LogP contribution is 2.32. The number of fused-ring (bicyclic) bond motifs is 1. The van der Waals surface area contributed by atoms with Crippen molar-refractivity contribution in [2.75, 3.05) is 26.7 Å². The van der Waals surface area contributed by atoms with Gasteiger partial charge in [0.15, 0.2) is 0 Å². The Morgan fingerprint density at radius 1 is 1.14 bits per heavy atom. The van der Waals surface area contributed by atoms with Gasteiger partial charge in [-0.2, -0.15) is 0 Å². The smallest absolute Gasteiger partial charge is 0.303 e. The van der Waals surface area contributed by atoms with E-state index in [-0.39, 0.29) is 6.42 Å². The summed E-state index contributed by atoms with van der Waals surface area (Å²) in [6, 6.07) is 10.2. The maximum absolute atomic E-state index is 11.3. The number of piperidine rings is 1. The Morgan fingerprint density at radius 3 is 2.86 bits per heavy atom. The number of hydrogen-bond donors (Lipinski definition) is 1. The van der Waals surface area contributed by atoms with Gasteiger partial charge in [-0.05, 0) is 118 Å². The van der Waals surface area contributed by atoms with Crippen LogP contribution in [0.25, 0.3) is 10.9 Å². The van der Waals surface area contributed by atoms with Crippen molar-refractivity contribution in [2.24, 2.45) is 11.8 Å². The van der Waals surface area contributed by atoms with E-state index in [9.17, 15) is 9.90 Å². The minimum Gasteiger partial charge on any atom is -0.497 e. The van der Waals surface area contributed by atoms with E-state index in [1.165, 1.54) is 22.9 Å². The second kappa shape index (κ2) is 12.7. The van der Waals surface area contributed by atoms with Crippen LogP contribution in [-0.4, -0.2) is 47.7 Å². The lowest BCUT2D eigenvalue weighted by Gasteiger charge is -2.39. The molecular formula is C29H38N2O4. The molecule has 2 aromatic heterocycles. The average molecular weight is 479 g/mol. The topological polar surface area (TPSA) is 75.8 Å². The van der Waals surface area contributed by atoms with Crippen molar-refractivity contribution in [2.45, 2.75) is 57.8 Å². The first kappa shape index (κ1) is 25.2. The fourth-order valence-electron chi connectivity index (χ4n) is 5.56. The van der Waals surface area contributed by atoms with Crippen LogP contribution in [0.4, 0.5) is 0 Å². The molecule has 6 nitrogen and oxygen atoms in total. The van der Waals surface area contributed by atoms with Crippen molar-refractivity contribution >= 4 is 16.9 Å². The first-order valence-electron chi connectivity index (χ1n) is 13.0. The number of carbonyl (C=O) groups is 1. The summed E-state index contributed by atoms with van der Waals surface area (Å²) in [6.45, 7) is 3.24. The number of carboxylic acid groups (broad SMARTS) is 1. The predicted molar refractivity (Wildman–Crippen MR) is 138 cm³/mol. The second-order valence-electron chi connectivity index (χ2n) is 9.88. The number of aliphatic carboxylic acids is 1. The number of likely N-dealkylation sites (tertiary alicyclic amines) is 1. The van der Waals surface area contributed by atoms with Crippen molar-refractivity contribution in [3.63, 3.8) is 0 Å². The van der Waals surface area contributed by atoms with Crippen molar-refractivity contribution in [1.29, 1.82) is 0 Å². The van der Waals surface area contributed by atoms with E-state index in [0.717, 1.165) is 75.8 Å². The highest BCUT2D eigenvalue weighted by Gasteiger charge is 2.29. The van der Waals surface area contributed by atoms with Gasteiger partial charge < -0.3 is 19.2 Å². The van der Waals surface area contributed by atoms with Gasteiger partial charge in [0.05, 0.1) is 25.2 Å². The Morgan fingerprint density at radius 2 is 2.06 bits per heavy atom. The summed E-state index contributed by atoms with van der Waals surface area (Å²) >= 11 is 0. The molecule has 1 aliphatic rings. The zero-order valence-corrected chi connectivity index (χ0v) is 20.8. The molecule has 4 rings (SSSR count). The molecule has 3 heterocycles. The third-order valence-corrected chi connectivity index (χ3v) is 7.53. The Kier molecular flexibility index (Phi) is 9.18. The lowest BCUT2D eigenvalue weighted by atomic mass is 9.79. The summed E-state index contributed by atoms with van der Waals surface area (Å²) in [5.74, 6) is 1.23. The fourth-order valence-corrected chi connectivity index (χ4v) is 5.56.